The van der Waals surface area contributed by atoms with Crippen LogP contribution < -0.4 is 0 Å². The van der Waals surface area contributed by atoms with Gasteiger partial charge in [0.1, 0.15) is 0 Å². The van der Waals surface area contributed by atoms with Crippen molar-refractivity contribution in [1.29, 1.82) is 0 Å². The Morgan fingerprint density at radius 3 is 1.08 bits per heavy atom. The van der Waals surface area contributed by atoms with Gasteiger partial charge in [-0.15, -0.1) is 0 Å². The average molecular weight is 322 g/mol. The number of benzene rings is 4. The first-order valence-corrected chi connectivity index (χ1v) is 8.55. The van der Waals surface area contributed by atoms with E-state index >= 15 is 0 Å². The van der Waals surface area contributed by atoms with Crippen molar-refractivity contribution in [3.63, 3.8) is 0 Å². The van der Waals surface area contributed by atoms with Gasteiger partial charge < -0.3 is 0 Å². The van der Waals surface area contributed by atoms with Crippen molar-refractivity contribution < 1.29 is 0 Å². The highest BCUT2D eigenvalue weighted by Gasteiger charge is 2.00. The number of hydrogen-bond donors (Lipinski definition) is 0. The Kier molecular flexibility index (Phi) is 5.79. The third-order valence-corrected chi connectivity index (χ3v) is 4.02. The molecular formula is C25H22. The molecule has 0 spiro atoms. The summed E-state index contributed by atoms with van der Waals surface area (Å²) in [6.07, 6.45) is 0. The van der Waals surface area contributed by atoms with E-state index in [2.05, 4.69) is 91.9 Å². The average Bonchev–Trinajstić information content (AvgIpc) is 2.71. The van der Waals surface area contributed by atoms with Gasteiger partial charge >= 0.3 is 0 Å². The summed E-state index contributed by atoms with van der Waals surface area (Å²) in [6.45, 7) is 2.08. The predicted molar refractivity (Wildman–Crippen MR) is 108 cm³/mol. The maximum atomic E-state index is 2.24. The van der Waals surface area contributed by atoms with Crippen LogP contribution in [-0.2, 0) is 0 Å². The molecular weight excluding hydrogens is 300 g/mol. The summed E-state index contributed by atoms with van der Waals surface area (Å²) in [7, 11) is 0. The Morgan fingerprint density at radius 1 is 0.360 bits per heavy atom. The molecule has 0 saturated carbocycles. The molecule has 0 N–H and O–H groups in total. The Morgan fingerprint density at radius 2 is 0.720 bits per heavy atom. The molecule has 4 aromatic carbocycles. The molecule has 0 aliphatic carbocycles. The van der Waals surface area contributed by atoms with Crippen LogP contribution >= 0.6 is 0 Å². The van der Waals surface area contributed by atoms with Crippen LogP contribution in [0.25, 0.3) is 22.3 Å². The van der Waals surface area contributed by atoms with E-state index in [0.29, 0.717) is 0 Å². The summed E-state index contributed by atoms with van der Waals surface area (Å²) in [6, 6.07) is 39.9. The molecule has 122 valence electrons. The number of rotatable bonds is 2. The van der Waals surface area contributed by atoms with Crippen molar-refractivity contribution in [2.24, 2.45) is 0 Å². The van der Waals surface area contributed by atoms with Gasteiger partial charge in [-0.3, -0.25) is 0 Å². The standard InChI is InChI=1S/C18H14.C7H8/c1-3-8-15(9-4-1)17-12-7-13-18(14-17)16-10-5-2-6-11-16;1-7-5-3-2-4-6-7/h1-14H;2-6H,1H3. The van der Waals surface area contributed by atoms with E-state index in [-0.39, 0.29) is 0 Å². The lowest BCUT2D eigenvalue weighted by molar-refractivity contribution is 1.48. The van der Waals surface area contributed by atoms with Gasteiger partial charge in [-0.2, -0.15) is 0 Å². The molecule has 0 heteroatoms. The van der Waals surface area contributed by atoms with Crippen molar-refractivity contribution in [1.82, 2.24) is 0 Å². The Hall–Kier alpha value is -3.12. The van der Waals surface area contributed by atoms with Crippen LogP contribution in [0.5, 0.6) is 0 Å². The molecule has 4 rings (SSSR count). The van der Waals surface area contributed by atoms with Gasteiger partial charge in [0.2, 0.25) is 0 Å². The zero-order valence-electron chi connectivity index (χ0n) is 14.5. The largest absolute Gasteiger partial charge is 0.0622 e. The predicted octanol–water partition coefficient (Wildman–Crippen LogP) is 7.02. The van der Waals surface area contributed by atoms with Crippen LogP contribution in [0.2, 0.25) is 0 Å². The molecule has 0 fully saturated rings. The molecule has 0 amide bonds. The van der Waals surface area contributed by atoms with E-state index < -0.39 is 0 Å². The second-order valence-corrected chi connectivity index (χ2v) is 5.97. The second kappa shape index (κ2) is 8.65. The normalized spacial score (nSPS) is 9.80. The van der Waals surface area contributed by atoms with Gasteiger partial charge in [0, 0.05) is 0 Å². The van der Waals surface area contributed by atoms with E-state index in [9.17, 15) is 0 Å². The third kappa shape index (κ3) is 4.92. The fourth-order valence-corrected chi connectivity index (χ4v) is 2.67. The van der Waals surface area contributed by atoms with E-state index in [4.69, 9.17) is 0 Å². The van der Waals surface area contributed by atoms with Crippen LogP contribution in [0.3, 0.4) is 0 Å². The smallest absolute Gasteiger partial charge is 0.0178 e. The van der Waals surface area contributed by atoms with Crippen molar-refractivity contribution in [2.45, 2.75) is 6.92 Å². The first-order valence-electron chi connectivity index (χ1n) is 8.55. The van der Waals surface area contributed by atoms with Crippen molar-refractivity contribution in [2.75, 3.05) is 0 Å². The van der Waals surface area contributed by atoms with Crippen LogP contribution in [0, 0.1) is 6.92 Å². The lowest BCUT2D eigenvalue weighted by Crippen LogP contribution is -1.80. The van der Waals surface area contributed by atoms with Gasteiger partial charge in [-0.05, 0) is 35.2 Å². The van der Waals surface area contributed by atoms with Gasteiger partial charge in [-0.1, -0.05) is 115 Å². The third-order valence-electron chi connectivity index (χ3n) is 4.02. The minimum Gasteiger partial charge on any atom is -0.0622 e. The molecule has 0 saturated heterocycles. The summed E-state index contributed by atoms with van der Waals surface area (Å²) < 4.78 is 0. The van der Waals surface area contributed by atoms with Crippen molar-refractivity contribution >= 4 is 0 Å². The van der Waals surface area contributed by atoms with E-state index in [1.165, 1.54) is 27.8 Å². The minimum atomic E-state index is 1.26. The minimum absolute atomic E-state index is 1.26. The van der Waals surface area contributed by atoms with Gasteiger partial charge in [0.05, 0.1) is 0 Å². The summed E-state index contributed by atoms with van der Waals surface area (Å²) in [5.74, 6) is 0. The topological polar surface area (TPSA) is 0 Å². The Labute approximate surface area is 150 Å². The van der Waals surface area contributed by atoms with Crippen LogP contribution in [0.15, 0.2) is 115 Å². The van der Waals surface area contributed by atoms with Gasteiger partial charge in [0.25, 0.3) is 0 Å². The molecule has 0 bridgehead atoms. The molecule has 4 aromatic rings. The van der Waals surface area contributed by atoms with E-state index in [1.807, 2.05) is 30.3 Å². The molecule has 0 aliphatic rings. The molecule has 25 heavy (non-hydrogen) atoms. The van der Waals surface area contributed by atoms with Gasteiger partial charge in [-0.25, -0.2) is 0 Å². The van der Waals surface area contributed by atoms with Crippen molar-refractivity contribution in [3.05, 3.63) is 121 Å². The highest BCUT2D eigenvalue weighted by atomic mass is 14.0. The summed E-state index contributed by atoms with van der Waals surface area (Å²) in [5.41, 5.74) is 6.36. The van der Waals surface area contributed by atoms with E-state index in [0.717, 1.165) is 0 Å². The molecule has 0 aromatic heterocycles. The molecule has 0 unspecified atom stereocenters. The highest BCUT2D eigenvalue weighted by Crippen LogP contribution is 2.25. The second-order valence-electron chi connectivity index (χ2n) is 5.97. The summed E-state index contributed by atoms with van der Waals surface area (Å²) in [5, 5.41) is 0. The fraction of sp³-hybridized carbons (Fsp3) is 0.0400. The molecule has 0 heterocycles. The Balaban J connectivity index is 0.000000219. The quantitative estimate of drug-likeness (QED) is 0.372. The Bertz CT molecular complexity index is 824. The van der Waals surface area contributed by atoms with Crippen LogP contribution in [0.4, 0.5) is 0 Å². The van der Waals surface area contributed by atoms with E-state index in [1.54, 1.807) is 0 Å². The van der Waals surface area contributed by atoms with Crippen molar-refractivity contribution in [3.8, 4) is 22.3 Å². The fourth-order valence-electron chi connectivity index (χ4n) is 2.67. The molecule has 0 radical (unpaired) electrons. The SMILES string of the molecule is Cc1ccccc1.c1ccc(-c2cccc(-c3ccccc3)c2)cc1. The molecule has 0 aliphatic heterocycles. The van der Waals surface area contributed by atoms with Crippen LogP contribution in [-0.4, -0.2) is 0 Å². The number of hydrogen-bond acceptors (Lipinski definition) is 0. The monoisotopic (exact) mass is 322 g/mol. The molecule has 0 nitrogen and oxygen atoms in total. The lowest BCUT2D eigenvalue weighted by Gasteiger charge is -2.05. The number of aryl methyl sites for hydroxylation is 1. The van der Waals surface area contributed by atoms with Gasteiger partial charge in [0.15, 0.2) is 0 Å². The maximum absolute atomic E-state index is 2.24. The first-order chi connectivity index (χ1) is 12.3. The lowest BCUT2D eigenvalue weighted by atomic mass is 9.99. The summed E-state index contributed by atoms with van der Waals surface area (Å²) >= 11 is 0. The molecule has 0 atom stereocenters. The zero-order chi connectivity index (χ0) is 17.3. The maximum Gasteiger partial charge on any atom is -0.0178 e. The first kappa shape index (κ1) is 16.7. The highest BCUT2D eigenvalue weighted by molar-refractivity contribution is 5.72. The summed E-state index contributed by atoms with van der Waals surface area (Å²) in [4.78, 5) is 0. The van der Waals surface area contributed by atoms with Crippen LogP contribution in [0.1, 0.15) is 5.56 Å². The zero-order valence-corrected chi connectivity index (χ0v) is 14.5.